The first kappa shape index (κ1) is 28.1. The quantitative estimate of drug-likeness (QED) is 0.335. The predicted octanol–water partition coefficient (Wildman–Crippen LogP) is 4.54. The van der Waals surface area contributed by atoms with E-state index in [1.165, 1.54) is 9.13 Å². The minimum Gasteiger partial charge on any atom is -0.352 e. The van der Waals surface area contributed by atoms with Crippen molar-refractivity contribution in [2.24, 2.45) is 11.8 Å². The number of hydrogen-bond acceptors (Lipinski definition) is 4. The molecule has 2 amide bonds. The Kier molecular flexibility index (Phi) is 8.47. The van der Waals surface area contributed by atoms with Gasteiger partial charge in [-0.2, -0.15) is 0 Å². The summed E-state index contributed by atoms with van der Waals surface area (Å²) in [6.45, 7) is 4.40. The maximum absolute atomic E-state index is 13.7. The normalized spacial score (nSPS) is 16.8. The first-order chi connectivity index (χ1) is 19.8. The van der Waals surface area contributed by atoms with E-state index in [-0.39, 0.29) is 42.3 Å². The summed E-state index contributed by atoms with van der Waals surface area (Å²) in [4.78, 5) is 53.0. The molecular weight excluding hydrogens is 516 g/mol. The fourth-order valence-electron chi connectivity index (χ4n) is 5.81. The fraction of sp³-hybridized carbons (Fsp3) is 0.333. The second kappa shape index (κ2) is 12.4. The lowest BCUT2D eigenvalue weighted by Crippen LogP contribution is -2.43. The molecule has 1 aliphatic rings. The summed E-state index contributed by atoms with van der Waals surface area (Å²) in [6.07, 6.45) is 2.91. The largest absolute Gasteiger partial charge is 0.352 e. The summed E-state index contributed by atoms with van der Waals surface area (Å²) in [5.41, 5.74) is 3.26. The number of carbonyl (C=O) groups is 2. The molecule has 0 aliphatic heterocycles. The minimum absolute atomic E-state index is 0.0485. The van der Waals surface area contributed by atoms with Gasteiger partial charge in [-0.05, 0) is 74.3 Å². The van der Waals surface area contributed by atoms with Crippen molar-refractivity contribution in [1.29, 1.82) is 0 Å². The van der Waals surface area contributed by atoms with Crippen molar-refractivity contribution in [3.05, 3.63) is 110 Å². The van der Waals surface area contributed by atoms with Crippen LogP contribution < -0.4 is 21.9 Å². The molecule has 1 fully saturated rings. The highest BCUT2D eigenvalue weighted by atomic mass is 16.2. The molecule has 0 bridgehead atoms. The van der Waals surface area contributed by atoms with Gasteiger partial charge in [-0.3, -0.25) is 23.5 Å². The number of aryl methyl sites for hydroxylation is 2. The molecule has 41 heavy (non-hydrogen) atoms. The number of benzene rings is 3. The highest BCUT2D eigenvalue weighted by Crippen LogP contribution is 2.30. The zero-order valence-corrected chi connectivity index (χ0v) is 23.6. The van der Waals surface area contributed by atoms with Crippen LogP contribution in [0, 0.1) is 25.7 Å². The maximum atomic E-state index is 13.7. The van der Waals surface area contributed by atoms with Gasteiger partial charge >= 0.3 is 5.69 Å². The van der Waals surface area contributed by atoms with Gasteiger partial charge in [-0.25, -0.2) is 4.79 Å². The number of aromatic nitrogens is 2. The van der Waals surface area contributed by atoms with E-state index in [0.29, 0.717) is 30.3 Å². The van der Waals surface area contributed by atoms with Gasteiger partial charge in [0.2, 0.25) is 11.8 Å². The zero-order valence-electron chi connectivity index (χ0n) is 23.6. The Labute approximate surface area is 239 Å². The van der Waals surface area contributed by atoms with E-state index in [1.54, 1.807) is 24.3 Å². The molecule has 0 radical (unpaired) electrons. The van der Waals surface area contributed by atoms with Crippen molar-refractivity contribution >= 4 is 28.4 Å². The van der Waals surface area contributed by atoms with E-state index in [2.05, 4.69) is 10.6 Å². The number of carbonyl (C=O) groups excluding carboxylic acids is 2. The van der Waals surface area contributed by atoms with Crippen LogP contribution in [0.15, 0.2) is 82.4 Å². The Hall–Kier alpha value is -4.46. The average molecular weight is 553 g/mol. The number of amides is 2. The molecule has 2 N–H and O–H groups in total. The lowest BCUT2D eigenvalue weighted by atomic mass is 9.81. The van der Waals surface area contributed by atoms with Crippen LogP contribution in [0.2, 0.25) is 0 Å². The predicted molar refractivity (Wildman–Crippen MR) is 161 cm³/mol. The van der Waals surface area contributed by atoms with Gasteiger partial charge in [-0.1, -0.05) is 60.7 Å². The van der Waals surface area contributed by atoms with Crippen molar-refractivity contribution in [3.8, 4) is 0 Å². The molecule has 0 saturated heterocycles. The van der Waals surface area contributed by atoms with E-state index >= 15 is 0 Å². The molecule has 212 valence electrons. The lowest BCUT2D eigenvalue weighted by molar-refractivity contribution is -0.126. The third-order valence-electron chi connectivity index (χ3n) is 8.15. The van der Waals surface area contributed by atoms with Crippen molar-refractivity contribution in [1.82, 2.24) is 14.5 Å². The molecule has 1 saturated carbocycles. The summed E-state index contributed by atoms with van der Waals surface area (Å²) in [5, 5.41) is 6.39. The Bertz CT molecular complexity index is 1660. The van der Waals surface area contributed by atoms with E-state index in [1.807, 2.05) is 62.4 Å². The van der Waals surface area contributed by atoms with Gasteiger partial charge in [0.1, 0.15) is 6.54 Å². The molecule has 5 rings (SSSR count). The van der Waals surface area contributed by atoms with Crippen LogP contribution in [0.1, 0.15) is 42.4 Å². The molecule has 1 aliphatic carbocycles. The number of fused-ring (bicyclic) bond motifs is 1. The highest BCUT2D eigenvalue weighted by Gasteiger charge is 2.27. The topological polar surface area (TPSA) is 102 Å². The van der Waals surface area contributed by atoms with Crippen LogP contribution in [0.5, 0.6) is 0 Å². The van der Waals surface area contributed by atoms with E-state index in [9.17, 15) is 19.2 Å². The van der Waals surface area contributed by atoms with Crippen molar-refractivity contribution in [3.63, 3.8) is 0 Å². The molecule has 4 aromatic rings. The molecule has 1 aromatic heterocycles. The molecule has 8 nitrogen and oxygen atoms in total. The number of para-hydroxylation sites is 2. The Balaban J connectivity index is 1.30. The lowest BCUT2D eigenvalue weighted by Gasteiger charge is -2.28. The maximum Gasteiger partial charge on any atom is 0.331 e. The number of nitrogens with zero attached hydrogens (tertiary/aromatic N) is 2. The Morgan fingerprint density at radius 1 is 0.805 bits per heavy atom. The molecule has 0 unspecified atom stereocenters. The molecule has 1 heterocycles. The van der Waals surface area contributed by atoms with Gasteiger partial charge in [0.15, 0.2) is 0 Å². The van der Waals surface area contributed by atoms with E-state index < -0.39 is 5.69 Å². The monoisotopic (exact) mass is 552 g/mol. The van der Waals surface area contributed by atoms with E-state index in [4.69, 9.17) is 0 Å². The zero-order chi connectivity index (χ0) is 28.9. The first-order valence-electron chi connectivity index (χ1n) is 14.2. The second-order valence-corrected chi connectivity index (χ2v) is 11.0. The van der Waals surface area contributed by atoms with Gasteiger partial charge < -0.3 is 10.6 Å². The van der Waals surface area contributed by atoms with E-state index in [0.717, 1.165) is 35.2 Å². The SMILES string of the molecule is Cc1cccc(C)c1NC(=O)Cn1c(=O)n(CC2CCC(C(=O)NCc3ccccc3)CC2)c(=O)c2ccccc21. The summed E-state index contributed by atoms with van der Waals surface area (Å²) >= 11 is 0. The molecule has 3 aromatic carbocycles. The third-order valence-corrected chi connectivity index (χ3v) is 8.15. The summed E-state index contributed by atoms with van der Waals surface area (Å²) in [6, 6.07) is 22.5. The van der Waals surface area contributed by atoms with Crippen molar-refractivity contribution < 1.29 is 9.59 Å². The summed E-state index contributed by atoms with van der Waals surface area (Å²) in [7, 11) is 0. The number of rotatable bonds is 8. The average Bonchev–Trinajstić information content (AvgIpc) is 2.99. The Morgan fingerprint density at radius 2 is 1.46 bits per heavy atom. The van der Waals surface area contributed by atoms with Crippen LogP contribution in [0.25, 0.3) is 10.9 Å². The minimum atomic E-state index is -0.493. The fourth-order valence-corrected chi connectivity index (χ4v) is 5.81. The third kappa shape index (κ3) is 6.32. The second-order valence-electron chi connectivity index (χ2n) is 11.0. The first-order valence-corrected chi connectivity index (χ1v) is 14.2. The van der Waals surface area contributed by atoms with Crippen molar-refractivity contribution in [2.75, 3.05) is 5.32 Å². The van der Waals surface area contributed by atoms with Gasteiger partial charge in [0.25, 0.3) is 5.56 Å². The number of anilines is 1. The molecular formula is C33H36N4O4. The summed E-state index contributed by atoms with van der Waals surface area (Å²) < 4.78 is 2.66. The van der Waals surface area contributed by atoms with Crippen LogP contribution in [-0.2, 0) is 29.2 Å². The highest BCUT2D eigenvalue weighted by molar-refractivity contribution is 5.93. The molecule has 0 spiro atoms. The molecule has 8 heteroatoms. The number of nitrogens with one attached hydrogen (secondary N) is 2. The summed E-state index contributed by atoms with van der Waals surface area (Å²) in [5.74, 6) is -0.264. The standard InChI is InChI=1S/C33H36N4O4/c1-22-9-8-10-23(2)30(22)35-29(38)21-36-28-14-7-6-13-27(28)32(40)37(33(36)41)20-25-15-17-26(18-16-25)31(39)34-19-24-11-4-3-5-12-24/h3-14,25-26H,15-21H2,1-2H3,(H,34,39)(H,35,38). The van der Waals surface area contributed by atoms with Gasteiger partial charge in [0, 0.05) is 24.7 Å². The van der Waals surface area contributed by atoms with Gasteiger partial charge in [0.05, 0.1) is 10.9 Å². The Morgan fingerprint density at radius 3 is 2.17 bits per heavy atom. The van der Waals surface area contributed by atoms with Crippen molar-refractivity contribution in [2.45, 2.75) is 59.2 Å². The smallest absolute Gasteiger partial charge is 0.331 e. The van der Waals surface area contributed by atoms with Crippen LogP contribution in [0.3, 0.4) is 0 Å². The van der Waals surface area contributed by atoms with Crippen LogP contribution in [-0.4, -0.2) is 20.9 Å². The van der Waals surface area contributed by atoms with Gasteiger partial charge in [-0.15, -0.1) is 0 Å². The van der Waals surface area contributed by atoms with Crippen LogP contribution in [0.4, 0.5) is 5.69 Å². The number of hydrogen-bond donors (Lipinski definition) is 2. The molecule has 0 atom stereocenters. The van der Waals surface area contributed by atoms with Crippen LogP contribution >= 0.6 is 0 Å².